The molecule has 0 spiro atoms. The van der Waals surface area contributed by atoms with Gasteiger partial charge in [0.2, 0.25) is 0 Å². The molecular weight excluding hydrogens is 276 g/mol. The minimum atomic E-state index is 0.957. The van der Waals surface area contributed by atoms with Crippen molar-refractivity contribution in [2.75, 3.05) is 32.5 Å². The normalized spacial score (nSPS) is 11.1. The number of anilines is 1. The van der Waals surface area contributed by atoms with Gasteiger partial charge in [0.15, 0.2) is 0 Å². The largest absolute Gasteiger partial charge is 0.383 e. The molecule has 0 aromatic heterocycles. The van der Waals surface area contributed by atoms with Crippen LogP contribution >= 0.6 is 15.9 Å². The first kappa shape index (κ1) is 12.4. The topological polar surface area (TPSA) is 15.3 Å². The lowest BCUT2D eigenvalue weighted by molar-refractivity contribution is 0.425. The molecule has 0 unspecified atom stereocenters. The van der Waals surface area contributed by atoms with E-state index in [9.17, 15) is 0 Å². The van der Waals surface area contributed by atoms with Crippen LogP contribution in [0.3, 0.4) is 0 Å². The Morgan fingerprint density at radius 3 is 2.47 bits per heavy atom. The molecule has 0 saturated heterocycles. The molecule has 17 heavy (non-hydrogen) atoms. The summed E-state index contributed by atoms with van der Waals surface area (Å²) in [5.74, 6) is 0. The molecular formula is C14H17BrN2. The van der Waals surface area contributed by atoms with E-state index in [1.165, 1.54) is 16.5 Å². The molecule has 2 aromatic rings. The lowest BCUT2D eigenvalue weighted by Crippen LogP contribution is -2.20. The zero-order chi connectivity index (χ0) is 12.3. The summed E-state index contributed by atoms with van der Waals surface area (Å²) in [6, 6.07) is 12.7. The van der Waals surface area contributed by atoms with Crippen LogP contribution < -0.4 is 5.32 Å². The number of rotatable bonds is 4. The summed E-state index contributed by atoms with van der Waals surface area (Å²) in [6.07, 6.45) is 0. The number of hydrogen-bond acceptors (Lipinski definition) is 2. The molecule has 1 N–H and O–H groups in total. The fourth-order valence-electron chi connectivity index (χ4n) is 1.83. The molecule has 0 heterocycles. The van der Waals surface area contributed by atoms with E-state index in [2.05, 4.69) is 76.6 Å². The molecule has 0 saturated carbocycles. The number of hydrogen-bond donors (Lipinski definition) is 1. The van der Waals surface area contributed by atoms with Crippen LogP contribution in [-0.2, 0) is 0 Å². The average molecular weight is 293 g/mol. The number of nitrogens with one attached hydrogen (secondary N) is 1. The van der Waals surface area contributed by atoms with Crippen molar-refractivity contribution in [3.63, 3.8) is 0 Å². The summed E-state index contributed by atoms with van der Waals surface area (Å²) < 4.78 is 1.14. The zero-order valence-corrected chi connectivity index (χ0v) is 11.8. The first-order valence-electron chi connectivity index (χ1n) is 5.74. The van der Waals surface area contributed by atoms with Crippen LogP contribution in [0.2, 0.25) is 0 Å². The van der Waals surface area contributed by atoms with Gasteiger partial charge >= 0.3 is 0 Å². The summed E-state index contributed by atoms with van der Waals surface area (Å²) in [5.41, 5.74) is 1.20. The number of nitrogens with zero attached hydrogens (tertiary/aromatic N) is 1. The third-order valence-corrected chi connectivity index (χ3v) is 3.44. The monoisotopic (exact) mass is 292 g/mol. The van der Waals surface area contributed by atoms with E-state index in [0.717, 1.165) is 17.6 Å². The predicted molar refractivity (Wildman–Crippen MR) is 78.7 cm³/mol. The van der Waals surface area contributed by atoms with Crippen LogP contribution in [0.4, 0.5) is 5.69 Å². The van der Waals surface area contributed by atoms with Gasteiger partial charge in [0, 0.05) is 28.6 Å². The van der Waals surface area contributed by atoms with E-state index in [-0.39, 0.29) is 0 Å². The van der Waals surface area contributed by atoms with Gasteiger partial charge in [-0.05, 0) is 31.6 Å². The molecule has 2 rings (SSSR count). The average Bonchev–Trinajstić information content (AvgIpc) is 2.32. The summed E-state index contributed by atoms with van der Waals surface area (Å²) in [7, 11) is 4.17. The van der Waals surface area contributed by atoms with Gasteiger partial charge in [-0.15, -0.1) is 0 Å². The molecule has 2 nitrogen and oxygen atoms in total. The fraction of sp³-hybridized carbons (Fsp3) is 0.286. The maximum Gasteiger partial charge on any atom is 0.0421 e. The maximum absolute atomic E-state index is 3.59. The highest BCUT2D eigenvalue weighted by Crippen LogP contribution is 2.29. The van der Waals surface area contributed by atoms with Gasteiger partial charge in [-0.1, -0.05) is 40.2 Å². The highest BCUT2D eigenvalue weighted by atomic mass is 79.9. The molecule has 2 aromatic carbocycles. The van der Waals surface area contributed by atoms with Gasteiger partial charge in [-0.3, -0.25) is 0 Å². The fourth-order valence-corrected chi connectivity index (χ4v) is 2.31. The molecule has 0 aliphatic rings. The van der Waals surface area contributed by atoms with Crippen molar-refractivity contribution in [2.45, 2.75) is 0 Å². The van der Waals surface area contributed by atoms with Crippen LogP contribution in [0.5, 0.6) is 0 Å². The smallest absolute Gasteiger partial charge is 0.0421 e. The summed E-state index contributed by atoms with van der Waals surface area (Å²) in [5, 5.41) is 6.00. The molecule has 0 aliphatic carbocycles. The molecule has 0 radical (unpaired) electrons. The minimum Gasteiger partial charge on any atom is -0.383 e. The molecule has 0 amide bonds. The van der Waals surface area contributed by atoms with Gasteiger partial charge in [-0.25, -0.2) is 0 Å². The van der Waals surface area contributed by atoms with E-state index in [1.54, 1.807) is 0 Å². The second-order valence-electron chi connectivity index (χ2n) is 4.37. The Bertz CT molecular complexity index is 509. The first-order valence-corrected chi connectivity index (χ1v) is 6.53. The maximum atomic E-state index is 3.59. The van der Waals surface area contributed by atoms with Crippen LogP contribution in [0.25, 0.3) is 10.8 Å². The van der Waals surface area contributed by atoms with Gasteiger partial charge in [0.1, 0.15) is 0 Å². The Hall–Kier alpha value is -1.06. The summed E-state index contributed by atoms with van der Waals surface area (Å²) in [4.78, 5) is 2.17. The van der Waals surface area contributed by atoms with Crippen molar-refractivity contribution >= 4 is 32.4 Å². The van der Waals surface area contributed by atoms with E-state index >= 15 is 0 Å². The van der Waals surface area contributed by atoms with Crippen LogP contribution in [0.15, 0.2) is 40.9 Å². The molecule has 0 fully saturated rings. The van der Waals surface area contributed by atoms with Crippen molar-refractivity contribution in [3.8, 4) is 0 Å². The van der Waals surface area contributed by atoms with Gasteiger partial charge in [-0.2, -0.15) is 0 Å². The van der Waals surface area contributed by atoms with E-state index in [4.69, 9.17) is 0 Å². The minimum absolute atomic E-state index is 0.957. The second kappa shape index (κ2) is 5.52. The van der Waals surface area contributed by atoms with Crippen LogP contribution in [0.1, 0.15) is 0 Å². The van der Waals surface area contributed by atoms with Gasteiger partial charge in [0.05, 0.1) is 0 Å². The number of halogens is 1. The Labute approximate surface area is 111 Å². The lowest BCUT2D eigenvalue weighted by Gasteiger charge is -2.13. The van der Waals surface area contributed by atoms with Gasteiger partial charge in [0.25, 0.3) is 0 Å². The Balaban J connectivity index is 2.26. The van der Waals surface area contributed by atoms with Crippen molar-refractivity contribution in [3.05, 3.63) is 40.9 Å². The van der Waals surface area contributed by atoms with E-state index < -0.39 is 0 Å². The zero-order valence-electron chi connectivity index (χ0n) is 10.2. The Kier molecular flexibility index (Phi) is 4.02. The van der Waals surface area contributed by atoms with Crippen LogP contribution in [0, 0.1) is 0 Å². The number of benzene rings is 2. The van der Waals surface area contributed by atoms with Crippen molar-refractivity contribution < 1.29 is 0 Å². The molecule has 0 atom stereocenters. The summed E-state index contributed by atoms with van der Waals surface area (Å²) >= 11 is 3.59. The van der Waals surface area contributed by atoms with E-state index in [0.29, 0.717) is 0 Å². The van der Waals surface area contributed by atoms with Gasteiger partial charge < -0.3 is 10.2 Å². The molecule has 3 heteroatoms. The molecule has 0 bridgehead atoms. The van der Waals surface area contributed by atoms with Crippen molar-refractivity contribution in [2.24, 2.45) is 0 Å². The Morgan fingerprint density at radius 2 is 1.76 bits per heavy atom. The van der Waals surface area contributed by atoms with Crippen molar-refractivity contribution in [1.82, 2.24) is 4.90 Å². The standard InChI is InChI=1S/C14H17BrN2/c1-17(2)10-9-16-14-8-7-13(15)11-5-3-4-6-12(11)14/h3-8,16H,9-10H2,1-2H3. The Morgan fingerprint density at radius 1 is 1.06 bits per heavy atom. The first-order chi connectivity index (χ1) is 8.18. The van der Waals surface area contributed by atoms with Crippen molar-refractivity contribution in [1.29, 1.82) is 0 Å². The van der Waals surface area contributed by atoms with Crippen LogP contribution in [-0.4, -0.2) is 32.1 Å². The quantitative estimate of drug-likeness (QED) is 0.927. The highest BCUT2D eigenvalue weighted by molar-refractivity contribution is 9.10. The molecule has 90 valence electrons. The predicted octanol–water partition coefficient (Wildman–Crippen LogP) is 3.58. The lowest BCUT2D eigenvalue weighted by atomic mass is 10.1. The third-order valence-electron chi connectivity index (χ3n) is 2.75. The highest BCUT2D eigenvalue weighted by Gasteiger charge is 2.03. The number of fused-ring (bicyclic) bond motifs is 1. The van der Waals surface area contributed by atoms with E-state index in [1.807, 2.05) is 0 Å². The molecule has 0 aliphatic heterocycles. The second-order valence-corrected chi connectivity index (χ2v) is 5.22. The SMILES string of the molecule is CN(C)CCNc1ccc(Br)c2ccccc12. The third kappa shape index (κ3) is 2.99. The number of likely N-dealkylation sites (N-methyl/N-ethyl adjacent to an activating group) is 1. The summed E-state index contributed by atoms with van der Waals surface area (Å²) in [6.45, 7) is 1.99.